The Kier molecular flexibility index (Phi) is 51.2. The summed E-state index contributed by atoms with van der Waals surface area (Å²) >= 11 is 0. The van der Waals surface area contributed by atoms with Crippen LogP contribution in [0.2, 0.25) is 0 Å². The molecule has 0 aliphatic rings. The summed E-state index contributed by atoms with van der Waals surface area (Å²) in [6.45, 7) is 6.14. The van der Waals surface area contributed by atoms with Gasteiger partial charge in [-0.15, -0.1) is 0 Å². The van der Waals surface area contributed by atoms with Crippen LogP contribution in [-0.4, -0.2) is 37.2 Å². The number of carbonyl (C=O) groups is 3. The molecule has 0 unspecified atom stereocenters. The van der Waals surface area contributed by atoms with Crippen LogP contribution in [0.25, 0.3) is 0 Å². The van der Waals surface area contributed by atoms with Crippen molar-refractivity contribution in [1.82, 2.24) is 0 Å². The third-order valence-corrected chi connectivity index (χ3v) is 10.2. The predicted molar refractivity (Wildman–Crippen MR) is 297 cm³/mol. The molecule has 382 valence electrons. The molecule has 69 heavy (non-hydrogen) atoms. The fraction of sp³-hybridized carbons (Fsp3) is 0.508. The summed E-state index contributed by atoms with van der Waals surface area (Å²) < 4.78 is 16.7. The zero-order valence-electron chi connectivity index (χ0n) is 43.5. The third-order valence-electron chi connectivity index (χ3n) is 10.2. The summed E-state index contributed by atoms with van der Waals surface area (Å²) in [5, 5.41) is 0. The van der Waals surface area contributed by atoms with Crippen LogP contribution in [0.1, 0.15) is 188 Å². The lowest BCUT2D eigenvalue weighted by molar-refractivity contribution is -0.166. The maximum atomic E-state index is 12.8. The lowest BCUT2D eigenvalue weighted by Crippen LogP contribution is -2.30. The van der Waals surface area contributed by atoms with Gasteiger partial charge in [0.25, 0.3) is 0 Å². The smallest absolute Gasteiger partial charge is 0.306 e. The summed E-state index contributed by atoms with van der Waals surface area (Å²) in [7, 11) is 0. The molecule has 0 aromatic rings. The molecule has 0 radical (unpaired) electrons. The van der Waals surface area contributed by atoms with E-state index in [0.29, 0.717) is 19.3 Å². The van der Waals surface area contributed by atoms with Crippen molar-refractivity contribution in [2.24, 2.45) is 0 Å². The molecule has 0 amide bonds. The summed E-state index contributed by atoms with van der Waals surface area (Å²) in [5.41, 5.74) is 0. The maximum absolute atomic E-state index is 12.8. The molecular formula is C63H94O6. The molecule has 6 heteroatoms. The van der Waals surface area contributed by atoms with Gasteiger partial charge >= 0.3 is 17.9 Å². The van der Waals surface area contributed by atoms with Gasteiger partial charge in [-0.2, -0.15) is 0 Å². The Bertz CT molecular complexity index is 1650. The Morgan fingerprint density at radius 1 is 0.290 bits per heavy atom. The number of unbranched alkanes of at least 4 members (excludes halogenated alkanes) is 6. The van der Waals surface area contributed by atoms with Crippen LogP contribution in [0.5, 0.6) is 0 Å². The van der Waals surface area contributed by atoms with Crippen LogP contribution in [0, 0.1) is 0 Å². The Hall–Kier alpha value is -5.23. The minimum Gasteiger partial charge on any atom is -0.462 e. The van der Waals surface area contributed by atoms with Crippen molar-refractivity contribution in [3.63, 3.8) is 0 Å². The van der Waals surface area contributed by atoms with E-state index >= 15 is 0 Å². The molecule has 0 saturated carbocycles. The van der Waals surface area contributed by atoms with Gasteiger partial charge in [0.1, 0.15) is 13.2 Å². The first-order valence-corrected chi connectivity index (χ1v) is 26.6. The average Bonchev–Trinajstić information content (AvgIpc) is 3.35. The van der Waals surface area contributed by atoms with E-state index in [1.165, 1.54) is 0 Å². The molecule has 0 spiro atoms. The van der Waals surface area contributed by atoms with Crippen molar-refractivity contribution < 1.29 is 28.6 Å². The van der Waals surface area contributed by atoms with Crippen LogP contribution in [0.4, 0.5) is 0 Å². The summed E-state index contributed by atoms with van der Waals surface area (Å²) in [6, 6.07) is 0. The normalized spacial score (nSPS) is 13.5. The van der Waals surface area contributed by atoms with Crippen molar-refractivity contribution >= 4 is 17.9 Å². The maximum Gasteiger partial charge on any atom is 0.306 e. The highest BCUT2D eigenvalue weighted by atomic mass is 16.6. The van der Waals surface area contributed by atoms with E-state index in [9.17, 15) is 14.4 Å². The highest BCUT2D eigenvalue weighted by Gasteiger charge is 2.19. The van der Waals surface area contributed by atoms with Crippen LogP contribution in [0.15, 0.2) is 170 Å². The largest absolute Gasteiger partial charge is 0.462 e. The Morgan fingerprint density at radius 2 is 0.551 bits per heavy atom. The molecule has 0 N–H and O–H groups in total. The molecule has 0 aromatic carbocycles. The SMILES string of the molecule is CC/C=C\C/C=C\C/C=C\C/C=C\C/C=C\C/C=C\CCC(=O)OC[C@H](COC(=O)CCCCCC/C=C\C/C=C\C/C=C\C/C=C\CC)OC(=O)CCCC/C=C\C/C=C\C/C=C\C/C=C\CC. The second-order valence-corrected chi connectivity index (χ2v) is 16.6. The van der Waals surface area contributed by atoms with Crippen LogP contribution in [-0.2, 0) is 28.6 Å². The van der Waals surface area contributed by atoms with E-state index in [2.05, 4.69) is 179 Å². The van der Waals surface area contributed by atoms with E-state index in [0.717, 1.165) is 135 Å². The highest BCUT2D eigenvalue weighted by Crippen LogP contribution is 2.10. The average molecular weight is 947 g/mol. The second kappa shape index (κ2) is 55.4. The van der Waals surface area contributed by atoms with Gasteiger partial charge in [-0.25, -0.2) is 0 Å². The second-order valence-electron chi connectivity index (χ2n) is 16.6. The van der Waals surface area contributed by atoms with Gasteiger partial charge in [-0.05, 0) is 135 Å². The van der Waals surface area contributed by atoms with Gasteiger partial charge in [-0.3, -0.25) is 14.4 Å². The van der Waals surface area contributed by atoms with Crippen molar-refractivity contribution in [1.29, 1.82) is 0 Å². The number of esters is 3. The predicted octanol–water partition coefficient (Wildman–Crippen LogP) is 18.0. The van der Waals surface area contributed by atoms with Crippen molar-refractivity contribution in [3.05, 3.63) is 170 Å². The zero-order valence-corrected chi connectivity index (χ0v) is 43.5. The number of hydrogen-bond donors (Lipinski definition) is 0. The number of hydrogen-bond acceptors (Lipinski definition) is 6. The first-order chi connectivity index (χ1) is 34.0. The lowest BCUT2D eigenvalue weighted by atomic mass is 10.1. The van der Waals surface area contributed by atoms with Crippen LogP contribution >= 0.6 is 0 Å². The molecule has 0 fully saturated rings. The van der Waals surface area contributed by atoms with Crippen molar-refractivity contribution in [3.8, 4) is 0 Å². The standard InChI is InChI=1S/C63H94O6/c1-4-7-10-13-16-19-22-25-28-30-31-33-36-38-41-44-47-50-53-56-62(65)68-59-60(69-63(66)57-54-51-48-45-42-39-34-27-24-21-18-15-12-9-6-3)58-67-61(64)55-52-49-46-43-40-37-35-32-29-26-23-20-17-14-11-8-5-2/h7-12,16-21,25-29,31,33-35,37-38,41-42,45,47,50,60H,4-6,13-15,22-24,30,32,36,39-40,43-44,46,48-49,51-59H2,1-3H3/b10-7-,11-8-,12-9-,19-16-,20-17-,21-18-,28-25-,29-26-,33-31-,34-27-,37-35-,41-38-,45-42-,50-47-/t60-/m0/s1. The molecule has 6 nitrogen and oxygen atoms in total. The van der Waals surface area contributed by atoms with Crippen LogP contribution < -0.4 is 0 Å². The summed E-state index contributed by atoms with van der Waals surface area (Å²) in [4.78, 5) is 38.0. The summed E-state index contributed by atoms with van der Waals surface area (Å²) in [5.74, 6) is -1.11. The Balaban J connectivity index is 4.65. The quantitative estimate of drug-likeness (QED) is 0.0262. The zero-order chi connectivity index (χ0) is 50.0. The van der Waals surface area contributed by atoms with Gasteiger partial charge in [-0.1, -0.05) is 204 Å². The van der Waals surface area contributed by atoms with Gasteiger partial charge < -0.3 is 14.2 Å². The van der Waals surface area contributed by atoms with Gasteiger partial charge in [0, 0.05) is 19.3 Å². The highest BCUT2D eigenvalue weighted by molar-refractivity contribution is 5.71. The number of carbonyl (C=O) groups excluding carboxylic acids is 3. The van der Waals surface area contributed by atoms with E-state index in [-0.39, 0.29) is 44.0 Å². The fourth-order valence-electron chi connectivity index (χ4n) is 6.33. The van der Waals surface area contributed by atoms with Gasteiger partial charge in [0.15, 0.2) is 6.10 Å². The van der Waals surface area contributed by atoms with E-state index in [4.69, 9.17) is 14.2 Å². The lowest BCUT2D eigenvalue weighted by Gasteiger charge is -2.18. The summed E-state index contributed by atoms with van der Waals surface area (Å²) in [6.07, 6.45) is 82.1. The molecule has 0 heterocycles. The first-order valence-electron chi connectivity index (χ1n) is 26.6. The monoisotopic (exact) mass is 947 g/mol. The van der Waals surface area contributed by atoms with E-state index < -0.39 is 6.10 Å². The number of allylic oxidation sites excluding steroid dienone is 28. The third kappa shape index (κ3) is 53.6. The number of ether oxygens (including phenoxy) is 3. The molecule has 0 saturated heterocycles. The first kappa shape index (κ1) is 63.8. The van der Waals surface area contributed by atoms with E-state index in [1.54, 1.807) is 0 Å². The van der Waals surface area contributed by atoms with Crippen molar-refractivity contribution in [2.45, 2.75) is 194 Å². The van der Waals surface area contributed by atoms with Crippen LogP contribution in [0.3, 0.4) is 0 Å². The molecule has 0 aliphatic carbocycles. The molecule has 0 rings (SSSR count). The Labute approximate surface area is 422 Å². The molecule has 1 atom stereocenters. The minimum atomic E-state index is -0.850. The fourth-order valence-corrected chi connectivity index (χ4v) is 6.33. The Morgan fingerprint density at radius 3 is 0.913 bits per heavy atom. The molecule has 0 aliphatic heterocycles. The minimum absolute atomic E-state index is 0.140. The van der Waals surface area contributed by atoms with E-state index in [1.807, 2.05) is 12.2 Å². The number of rotatable bonds is 45. The molecule has 0 bridgehead atoms. The molecule has 0 aromatic heterocycles. The van der Waals surface area contributed by atoms with Crippen molar-refractivity contribution in [2.75, 3.05) is 13.2 Å². The topological polar surface area (TPSA) is 78.9 Å². The molecular weight excluding hydrogens is 853 g/mol. The van der Waals surface area contributed by atoms with Gasteiger partial charge in [0.2, 0.25) is 0 Å². The van der Waals surface area contributed by atoms with Gasteiger partial charge in [0.05, 0.1) is 0 Å².